The third kappa shape index (κ3) is 4.84. The number of rotatable bonds is 4. The molecule has 7 heteroatoms. The number of carbonyl (C=O) groups excluding carboxylic acids is 1. The maximum absolute atomic E-state index is 13.1. The fourth-order valence-electron chi connectivity index (χ4n) is 4.23. The topological polar surface area (TPSA) is 57.7 Å². The van der Waals surface area contributed by atoms with Crippen molar-refractivity contribution in [2.75, 3.05) is 20.1 Å². The number of hydrogen-bond acceptors (Lipinski definition) is 3. The summed E-state index contributed by atoms with van der Waals surface area (Å²) in [5.74, 6) is -0.160. The van der Waals surface area contributed by atoms with Gasteiger partial charge in [-0.3, -0.25) is 4.79 Å². The van der Waals surface area contributed by atoms with Crippen LogP contribution in [0.15, 0.2) is 29.2 Å². The van der Waals surface area contributed by atoms with E-state index in [2.05, 4.69) is 0 Å². The molecule has 3 rings (SSSR count). The van der Waals surface area contributed by atoms with Crippen LogP contribution in [0.2, 0.25) is 5.02 Å². The summed E-state index contributed by atoms with van der Waals surface area (Å²) in [4.78, 5) is 15.2. The first-order valence-electron chi connectivity index (χ1n) is 9.92. The van der Waals surface area contributed by atoms with E-state index in [1.54, 1.807) is 12.1 Å². The Bertz CT molecular complexity index is 743. The Labute approximate surface area is 167 Å². The lowest BCUT2D eigenvalue weighted by atomic mass is 9.96. The molecule has 1 aromatic rings. The van der Waals surface area contributed by atoms with Crippen molar-refractivity contribution in [1.82, 2.24) is 9.21 Å². The van der Waals surface area contributed by atoms with Crippen LogP contribution in [0.4, 0.5) is 0 Å². The van der Waals surface area contributed by atoms with Gasteiger partial charge in [0.2, 0.25) is 15.9 Å². The van der Waals surface area contributed by atoms with Gasteiger partial charge in [0.1, 0.15) is 0 Å². The van der Waals surface area contributed by atoms with Crippen molar-refractivity contribution in [1.29, 1.82) is 0 Å². The van der Waals surface area contributed by atoms with E-state index in [4.69, 9.17) is 11.6 Å². The molecule has 5 nitrogen and oxygen atoms in total. The molecule has 2 aliphatic rings. The fourth-order valence-corrected chi connectivity index (χ4v) is 5.88. The van der Waals surface area contributed by atoms with Crippen molar-refractivity contribution in [3.63, 3.8) is 0 Å². The quantitative estimate of drug-likeness (QED) is 0.704. The van der Waals surface area contributed by atoms with Crippen molar-refractivity contribution in [3.05, 3.63) is 29.3 Å². The van der Waals surface area contributed by atoms with E-state index in [0.717, 1.165) is 19.3 Å². The monoisotopic (exact) mass is 412 g/mol. The third-order valence-corrected chi connectivity index (χ3v) is 8.04. The molecule has 0 aromatic heterocycles. The van der Waals surface area contributed by atoms with Crippen LogP contribution < -0.4 is 0 Å². The summed E-state index contributed by atoms with van der Waals surface area (Å²) in [5.41, 5.74) is 0. The van der Waals surface area contributed by atoms with Gasteiger partial charge in [0.25, 0.3) is 0 Å². The van der Waals surface area contributed by atoms with Gasteiger partial charge in [-0.2, -0.15) is 4.31 Å². The summed E-state index contributed by atoms with van der Waals surface area (Å²) < 4.78 is 27.3. The van der Waals surface area contributed by atoms with E-state index in [1.807, 2.05) is 11.9 Å². The van der Waals surface area contributed by atoms with E-state index in [-0.39, 0.29) is 23.3 Å². The molecule has 0 bridgehead atoms. The number of nitrogens with zero attached hydrogens (tertiary/aromatic N) is 2. The molecule has 0 spiro atoms. The van der Waals surface area contributed by atoms with Crippen LogP contribution in [0.25, 0.3) is 0 Å². The van der Waals surface area contributed by atoms with Crippen LogP contribution in [0.1, 0.15) is 51.4 Å². The summed E-state index contributed by atoms with van der Waals surface area (Å²) in [7, 11) is -1.70. The van der Waals surface area contributed by atoms with Crippen LogP contribution in [-0.2, 0) is 14.8 Å². The van der Waals surface area contributed by atoms with Crippen molar-refractivity contribution in [3.8, 4) is 0 Å². The minimum Gasteiger partial charge on any atom is -0.342 e. The lowest BCUT2D eigenvalue weighted by Crippen LogP contribution is -2.48. The van der Waals surface area contributed by atoms with Gasteiger partial charge >= 0.3 is 0 Å². The first kappa shape index (κ1) is 20.6. The van der Waals surface area contributed by atoms with E-state index in [0.29, 0.717) is 24.0 Å². The fraction of sp³-hybridized carbons (Fsp3) is 0.650. The molecule has 1 heterocycles. The molecular formula is C20H29ClN2O3S. The molecule has 2 fully saturated rings. The van der Waals surface area contributed by atoms with E-state index >= 15 is 0 Å². The van der Waals surface area contributed by atoms with Crippen LogP contribution >= 0.6 is 11.6 Å². The Morgan fingerprint density at radius 1 is 1.04 bits per heavy atom. The maximum atomic E-state index is 13.1. The Hall–Kier alpha value is -1.11. The zero-order chi connectivity index (χ0) is 19.4. The summed E-state index contributed by atoms with van der Waals surface area (Å²) in [6, 6.07) is 6.52. The van der Waals surface area contributed by atoms with Crippen molar-refractivity contribution in [2.24, 2.45) is 5.92 Å². The number of piperidine rings is 1. The zero-order valence-electron chi connectivity index (χ0n) is 15.9. The first-order valence-corrected chi connectivity index (χ1v) is 11.7. The Balaban J connectivity index is 1.69. The highest BCUT2D eigenvalue weighted by molar-refractivity contribution is 7.89. The second kappa shape index (κ2) is 8.93. The summed E-state index contributed by atoms with van der Waals surface area (Å²) in [6.45, 7) is 0.725. The summed E-state index contributed by atoms with van der Waals surface area (Å²) >= 11 is 5.87. The van der Waals surface area contributed by atoms with Gasteiger partial charge in [0.15, 0.2) is 0 Å². The second-order valence-electron chi connectivity index (χ2n) is 7.75. The first-order chi connectivity index (χ1) is 12.9. The van der Waals surface area contributed by atoms with Gasteiger partial charge in [-0.25, -0.2) is 8.42 Å². The number of amides is 1. The number of sulfonamides is 1. The molecule has 150 valence electrons. The number of hydrogen-bond donors (Lipinski definition) is 0. The molecule has 27 heavy (non-hydrogen) atoms. The summed E-state index contributed by atoms with van der Waals surface area (Å²) in [6.07, 6.45) is 8.41. The molecular weight excluding hydrogens is 384 g/mol. The number of halogens is 1. The van der Waals surface area contributed by atoms with Crippen LogP contribution in [0, 0.1) is 5.92 Å². The Morgan fingerprint density at radius 2 is 1.67 bits per heavy atom. The standard InChI is InChI=1S/C20H29ClN2O3S/c1-22(18-8-4-2-3-5-9-18)20(24)16-7-6-14-23(15-16)27(25,26)19-12-10-17(21)11-13-19/h10-13,16,18H,2-9,14-15H2,1H3. The maximum Gasteiger partial charge on any atom is 0.243 e. The van der Waals surface area contributed by atoms with Gasteiger partial charge in [-0.1, -0.05) is 37.3 Å². The largest absolute Gasteiger partial charge is 0.342 e. The summed E-state index contributed by atoms with van der Waals surface area (Å²) in [5, 5.41) is 0.505. The normalized spacial score (nSPS) is 23.0. The van der Waals surface area contributed by atoms with Crippen molar-refractivity contribution >= 4 is 27.5 Å². The average molecular weight is 413 g/mol. The van der Waals surface area contributed by atoms with E-state index < -0.39 is 10.0 Å². The molecule has 1 aliphatic heterocycles. The lowest BCUT2D eigenvalue weighted by Gasteiger charge is -2.35. The molecule has 1 aliphatic carbocycles. The molecule has 0 radical (unpaired) electrons. The SMILES string of the molecule is CN(C(=O)C1CCCN(S(=O)(=O)c2ccc(Cl)cc2)C1)C1CCCCCC1. The van der Waals surface area contributed by atoms with Crippen LogP contribution in [0.3, 0.4) is 0 Å². The Kier molecular flexibility index (Phi) is 6.82. The molecule has 1 saturated heterocycles. The lowest BCUT2D eigenvalue weighted by molar-refractivity contribution is -0.137. The molecule has 1 amide bonds. The third-order valence-electron chi connectivity index (χ3n) is 5.90. The van der Waals surface area contributed by atoms with Gasteiger partial charge in [0, 0.05) is 31.2 Å². The predicted octanol–water partition coefficient (Wildman–Crippen LogP) is 3.92. The highest BCUT2D eigenvalue weighted by Crippen LogP contribution is 2.28. The molecule has 1 aromatic carbocycles. The smallest absolute Gasteiger partial charge is 0.243 e. The number of benzene rings is 1. The molecule has 1 saturated carbocycles. The second-order valence-corrected chi connectivity index (χ2v) is 10.1. The van der Waals surface area contributed by atoms with Gasteiger partial charge in [-0.05, 0) is 49.9 Å². The van der Waals surface area contributed by atoms with Crippen molar-refractivity contribution in [2.45, 2.75) is 62.3 Å². The van der Waals surface area contributed by atoms with Gasteiger partial charge in [0.05, 0.1) is 10.8 Å². The molecule has 0 N–H and O–H groups in total. The number of carbonyl (C=O) groups is 1. The highest BCUT2D eigenvalue weighted by Gasteiger charge is 2.35. The van der Waals surface area contributed by atoms with Gasteiger partial charge in [-0.15, -0.1) is 0 Å². The minimum absolute atomic E-state index is 0.0953. The highest BCUT2D eigenvalue weighted by atomic mass is 35.5. The average Bonchev–Trinajstić information content (AvgIpc) is 2.97. The van der Waals surface area contributed by atoms with Crippen molar-refractivity contribution < 1.29 is 13.2 Å². The van der Waals surface area contributed by atoms with Crippen LogP contribution in [0.5, 0.6) is 0 Å². The zero-order valence-corrected chi connectivity index (χ0v) is 17.5. The molecule has 1 atom stereocenters. The van der Waals surface area contributed by atoms with E-state index in [9.17, 15) is 13.2 Å². The van der Waals surface area contributed by atoms with Crippen LogP contribution in [-0.4, -0.2) is 49.7 Å². The molecule has 1 unspecified atom stereocenters. The van der Waals surface area contributed by atoms with Gasteiger partial charge < -0.3 is 4.90 Å². The minimum atomic E-state index is -3.60. The Morgan fingerprint density at radius 3 is 2.30 bits per heavy atom. The predicted molar refractivity (Wildman–Crippen MR) is 107 cm³/mol. The van der Waals surface area contributed by atoms with E-state index in [1.165, 1.54) is 42.1 Å².